The van der Waals surface area contributed by atoms with Gasteiger partial charge in [-0.3, -0.25) is 0 Å². The van der Waals surface area contributed by atoms with Crippen LogP contribution >= 0.6 is 0 Å². The van der Waals surface area contributed by atoms with Crippen LogP contribution in [0.15, 0.2) is 0 Å². The summed E-state index contributed by atoms with van der Waals surface area (Å²) in [7, 11) is 0. The van der Waals surface area contributed by atoms with E-state index in [0.29, 0.717) is 0 Å². The Morgan fingerprint density at radius 1 is 1.30 bits per heavy atom. The Kier molecular flexibility index (Phi) is 3.40. The first-order valence-electron chi connectivity index (χ1n) is 3.51. The van der Waals surface area contributed by atoms with Crippen LogP contribution in [0.1, 0.15) is 25.7 Å². The van der Waals surface area contributed by atoms with E-state index in [0.717, 1.165) is 12.0 Å². The Hall–Kier alpha value is 1.57. The van der Waals surface area contributed by atoms with Gasteiger partial charge < -0.3 is 0 Å². The van der Waals surface area contributed by atoms with Crippen LogP contribution in [0.5, 0.6) is 0 Å². The van der Waals surface area contributed by atoms with Gasteiger partial charge in [0.2, 0.25) is 0 Å². The zero-order valence-corrected chi connectivity index (χ0v) is 13.0. The van der Waals surface area contributed by atoms with Crippen LogP contribution < -0.4 is 0 Å². The summed E-state index contributed by atoms with van der Waals surface area (Å²) in [6.45, 7) is 1.16. The first kappa shape index (κ1) is 9.66. The Morgan fingerprint density at radius 3 is 2.40 bits per heavy atom. The van der Waals surface area contributed by atoms with E-state index >= 15 is 0 Å². The molecule has 0 radical (unpaired) electrons. The fraction of sp³-hybridized carbons (Fsp3) is 0.857. The van der Waals surface area contributed by atoms with E-state index in [4.69, 9.17) is 0 Å². The Morgan fingerprint density at radius 2 is 2.00 bits per heavy atom. The van der Waals surface area contributed by atoms with Crippen LogP contribution in [0.25, 0.3) is 5.32 Å². The van der Waals surface area contributed by atoms with Crippen molar-refractivity contribution in [3.05, 3.63) is 5.32 Å². The van der Waals surface area contributed by atoms with Crippen molar-refractivity contribution < 1.29 is 50.5 Å². The molecule has 1 spiro atoms. The van der Waals surface area contributed by atoms with Crippen LogP contribution in [-0.4, -0.2) is 10.6 Å². The first-order chi connectivity index (χ1) is 4.31. The molecule has 1 aliphatic carbocycles. The number of rotatable bonds is 0. The second-order valence-corrected chi connectivity index (χ2v) is 4.90. The van der Waals surface area contributed by atoms with E-state index < -0.39 is 0 Å². The topological polar surface area (TPSA) is 14.1 Å². The maximum absolute atomic E-state index is 4.50. The Balaban J connectivity index is 0.000000500. The zero-order chi connectivity index (χ0) is 6.32. The van der Waals surface area contributed by atoms with Gasteiger partial charge in [0.25, 0.3) is 0 Å². The SMILES string of the molecule is [U].[W]=[C]1CCC2(CC2)C[N-]1. The molecule has 0 N–H and O–H groups in total. The van der Waals surface area contributed by atoms with E-state index in [2.05, 4.69) is 5.32 Å². The van der Waals surface area contributed by atoms with Gasteiger partial charge in [-0.25, -0.2) is 0 Å². The standard InChI is InChI=1S/C7H10N.U.W/c1-2-7(3-4-7)6-8-5-1;;/h1-4,6H2;;/q-1;;. The molecule has 1 saturated carbocycles. The van der Waals surface area contributed by atoms with E-state index in [1.165, 1.54) is 29.7 Å². The average Bonchev–Trinajstić information content (AvgIpc) is 2.60. The molecule has 0 aromatic carbocycles. The Labute approximate surface area is 96.5 Å². The number of nitrogens with zero attached hydrogens (tertiary/aromatic N) is 1. The monoisotopic (exact) mass is 530 g/mol. The third-order valence-electron chi connectivity index (χ3n) is 2.42. The van der Waals surface area contributed by atoms with Crippen molar-refractivity contribution in [3.63, 3.8) is 0 Å². The van der Waals surface area contributed by atoms with Gasteiger partial charge in [-0.05, 0) is 0 Å². The summed E-state index contributed by atoms with van der Waals surface area (Å²) in [5.74, 6) is 0. The molecule has 1 heterocycles. The van der Waals surface area contributed by atoms with E-state index in [-0.39, 0.29) is 31.1 Å². The zero-order valence-electron chi connectivity index (χ0n) is 5.89. The molecule has 0 atom stereocenters. The summed E-state index contributed by atoms with van der Waals surface area (Å²) in [4.78, 5) is 0. The van der Waals surface area contributed by atoms with Gasteiger partial charge in [0.05, 0.1) is 0 Å². The van der Waals surface area contributed by atoms with Crippen molar-refractivity contribution in [1.29, 1.82) is 0 Å². The third-order valence-corrected chi connectivity index (χ3v) is 3.61. The fourth-order valence-corrected chi connectivity index (χ4v) is 1.97. The number of hydrogen-bond donors (Lipinski definition) is 0. The second-order valence-electron chi connectivity index (χ2n) is 3.21. The van der Waals surface area contributed by atoms with E-state index in [1.807, 2.05) is 0 Å². The van der Waals surface area contributed by atoms with Crippen molar-refractivity contribution in [1.82, 2.24) is 0 Å². The normalized spacial score (nSPS) is 27.8. The molecule has 2 rings (SSSR count). The minimum atomic E-state index is 0. The molecule has 1 nitrogen and oxygen atoms in total. The van der Waals surface area contributed by atoms with Gasteiger partial charge in [0, 0.05) is 31.1 Å². The second kappa shape index (κ2) is 3.53. The van der Waals surface area contributed by atoms with Crippen LogP contribution in [0.3, 0.4) is 0 Å². The molecule has 0 aromatic heterocycles. The van der Waals surface area contributed by atoms with Crippen LogP contribution in [-0.2, 0) is 19.4 Å². The fourth-order valence-electron chi connectivity index (χ4n) is 1.37. The minimum absolute atomic E-state index is 0. The predicted octanol–water partition coefficient (Wildman–Crippen LogP) is 1.61. The van der Waals surface area contributed by atoms with Crippen molar-refractivity contribution in [2.45, 2.75) is 25.7 Å². The van der Waals surface area contributed by atoms with Crippen molar-refractivity contribution in [2.75, 3.05) is 6.54 Å². The predicted molar refractivity (Wildman–Crippen MR) is 34.1 cm³/mol. The molecular weight excluding hydrogens is 520 g/mol. The quantitative estimate of drug-likeness (QED) is 0.453. The number of hydrogen-bond acceptors (Lipinski definition) is 0. The van der Waals surface area contributed by atoms with Gasteiger partial charge in [0.1, 0.15) is 0 Å². The summed E-state index contributed by atoms with van der Waals surface area (Å²) in [6.07, 6.45) is 5.66. The molecule has 0 bridgehead atoms. The summed E-state index contributed by atoms with van der Waals surface area (Å²) < 4.78 is 1.45. The molecule has 2 fully saturated rings. The first-order valence-corrected chi connectivity index (χ1v) is 4.98. The molecule has 1 saturated heterocycles. The van der Waals surface area contributed by atoms with Crippen LogP contribution in [0.4, 0.5) is 0 Å². The molecule has 54 valence electrons. The average molecular weight is 530 g/mol. The molecule has 2 aliphatic rings. The van der Waals surface area contributed by atoms with Gasteiger partial charge in [-0.1, -0.05) is 0 Å². The molecule has 3 heteroatoms. The molecule has 0 unspecified atom stereocenters. The van der Waals surface area contributed by atoms with E-state index in [9.17, 15) is 0 Å². The van der Waals surface area contributed by atoms with Gasteiger partial charge >= 0.3 is 66.3 Å². The maximum atomic E-state index is 4.50. The van der Waals surface area contributed by atoms with Gasteiger partial charge in [-0.2, -0.15) is 0 Å². The molecule has 10 heavy (non-hydrogen) atoms. The van der Waals surface area contributed by atoms with E-state index in [1.54, 1.807) is 19.4 Å². The van der Waals surface area contributed by atoms with Crippen molar-refractivity contribution in [2.24, 2.45) is 5.41 Å². The summed E-state index contributed by atoms with van der Waals surface area (Å²) >= 11 is 1.58. The summed E-state index contributed by atoms with van der Waals surface area (Å²) in [5.41, 5.74) is 0.735. The van der Waals surface area contributed by atoms with Gasteiger partial charge in [-0.15, -0.1) is 0 Å². The van der Waals surface area contributed by atoms with Crippen LogP contribution in [0, 0.1) is 36.5 Å². The molecular formula is C7H10NUW-. The van der Waals surface area contributed by atoms with Crippen molar-refractivity contribution in [3.8, 4) is 0 Å². The summed E-state index contributed by atoms with van der Waals surface area (Å²) in [5, 5.41) is 4.50. The van der Waals surface area contributed by atoms with Gasteiger partial charge in [0.15, 0.2) is 0 Å². The molecule has 1 aliphatic heterocycles. The summed E-state index contributed by atoms with van der Waals surface area (Å²) in [6, 6.07) is 0. The van der Waals surface area contributed by atoms with Crippen LogP contribution in [0.2, 0.25) is 0 Å². The molecule has 0 aromatic rings. The number of piperidine rings is 1. The Bertz CT molecular complexity index is 142. The van der Waals surface area contributed by atoms with Crippen molar-refractivity contribution >= 4 is 4.02 Å². The third kappa shape index (κ3) is 2.04. The molecule has 0 amide bonds.